The van der Waals surface area contributed by atoms with E-state index in [1.807, 2.05) is 4.68 Å². The fraction of sp³-hybridized carbons (Fsp3) is 0.417. The highest BCUT2D eigenvalue weighted by Gasteiger charge is 2.11. The molecule has 3 nitrogen and oxygen atoms in total. The molecule has 0 bridgehead atoms. The SMILES string of the molecule is Cc1ccc2nn(C(C)C)c(CN)c2c1. The molecule has 0 saturated heterocycles. The molecule has 1 heterocycles. The van der Waals surface area contributed by atoms with Gasteiger partial charge >= 0.3 is 0 Å². The molecule has 80 valence electrons. The fourth-order valence-corrected chi connectivity index (χ4v) is 1.90. The zero-order valence-electron chi connectivity index (χ0n) is 9.49. The third-order valence-electron chi connectivity index (χ3n) is 2.64. The third-order valence-corrected chi connectivity index (χ3v) is 2.64. The summed E-state index contributed by atoms with van der Waals surface area (Å²) in [5.41, 5.74) is 9.20. The zero-order valence-corrected chi connectivity index (χ0v) is 9.49. The molecule has 0 amide bonds. The second-order valence-electron chi connectivity index (χ2n) is 4.21. The summed E-state index contributed by atoms with van der Waals surface area (Å²) in [6, 6.07) is 6.66. The minimum absolute atomic E-state index is 0.358. The molecule has 0 fully saturated rings. The van der Waals surface area contributed by atoms with Gasteiger partial charge in [-0.15, -0.1) is 0 Å². The van der Waals surface area contributed by atoms with E-state index < -0.39 is 0 Å². The van der Waals surface area contributed by atoms with E-state index in [1.54, 1.807) is 0 Å². The summed E-state index contributed by atoms with van der Waals surface area (Å²) in [7, 11) is 0. The molecular weight excluding hydrogens is 186 g/mol. The Hall–Kier alpha value is -1.35. The van der Waals surface area contributed by atoms with Gasteiger partial charge in [-0.25, -0.2) is 0 Å². The maximum Gasteiger partial charge on any atom is 0.0927 e. The van der Waals surface area contributed by atoms with Crippen LogP contribution in [0.3, 0.4) is 0 Å². The van der Waals surface area contributed by atoms with Crippen LogP contribution in [0.1, 0.15) is 31.1 Å². The van der Waals surface area contributed by atoms with Crippen LogP contribution in [0.4, 0.5) is 0 Å². The molecular formula is C12H17N3. The van der Waals surface area contributed by atoms with Crippen molar-refractivity contribution < 1.29 is 0 Å². The van der Waals surface area contributed by atoms with Gasteiger partial charge in [0, 0.05) is 18.0 Å². The molecule has 2 rings (SSSR count). The van der Waals surface area contributed by atoms with Gasteiger partial charge in [0.1, 0.15) is 0 Å². The minimum Gasteiger partial charge on any atom is -0.325 e. The van der Waals surface area contributed by atoms with Gasteiger partial charge < -0.3 is 5.73 Å². The molecule has 0 unspecified atom stereocenters. The van der Waals surface area contributed by atoms with Gasteiger partial charge in [0.25, 0.3) is 0 Å². The molecule has 0 aliphatic rings. The van der Waals surface area contributed by atoms with Crippen molar-refractivity contribution >= 4 is 10.9 Å². The number of hydrogen-bond acceptors (Lipinski definition) is 2. The molecule has 3 heteroatoms. The first-order valence-electron chi connectivity index (χ1n) is 5.31. The maximum absolute atomic E-state index is 5.79. The van der Waals surface area contributed by atoms with Crippen molar-refractivity contribution in [1.82, 2.24) is 9.78 Å². The largest absolute Gasteiger partial charge is 0.325 e. The molecule has 0 saturated carbocycles. The normalized spacial score (nSPS) is 11.5. The molecule has 0 radical (unpaired) electrons. The number of benzene rings is 1. The average Bonchev–Trinajstić information content (AvgIpc) is 2.55. The van der Waals surface area contributed by atoms with Crippen LogP contribution in [0.5, 0.6) is 0 Å². The van der Waals surface area contributed by atoms with Crippen LogP contribution in [0.15, 0.2) is 18.2 Å². The number of rotatable bonds is 2. The molecule has 0 spiro atoms. The van der Waals surface area contributed by atoms with E-state index in [-0.39, 0.29) is 0 Å². The summed E-state index contributed by atoms with van der Waals surface area (Å²) in [5, 5.41) is 5.75. The Morgan fingerprint density at radius 2 is 2.13 bits per heavy atom. The van der Waals surface area contributed by atoms with E-state index in [0.717, 1.165) is 11.2 Å². The Bertz CT molecular complexity index is 483. The van der Waals surface area contributed by atoms with Crippen molar-refractivity contribution in [3.8, 4) is 0 Å². The Kier molecular flexibility index (Phi) is 2.49. The van der Waals surface area contributed by atoms with Gasteiger partial charge in [-0.3, -0.25) is 4.68 Å². The van der Waals surface area contributed by atoms with Crippen LogP contribution in [0.25, 0.3) is 10.9 Å². The summed E-state index contributed by atoms with van der Waals surface area (Å²) in [4.78, 5) is 0. The number of nitrogens with zero attached hydrogens (tertiary/aromatic N) is 2. The van der Waals surface area contributed by atoms with E-state index in [0.29, 0.717) is 12.6 Å². The number of aryl methyl sites for hydroxylation is 1. The van der Waals surface area contributed by atoms with Gasteiger partial charge in [-0.2, -0.15) is 5.10 Å². The first-order valence-corrected chi connectivity index (χ1v) is 5.31. The summed E-state index contributed by atoms with van der Waals surface area (Å²) < 4.78 is 2.02. The van der Waals surface area contributed by atoms with Crippen molar-refractivity contribution in [2.45, 2.75) is 33.4 Å². The summed E-state index contributed by atoms with van der Waals surface area (Å²) in [6.45, 7) is 6.88. The van der Waals surface area contributed by atoms with Gasteiger partial charge in [0.05, 0.1) is 11.2 Å². The first kappa shape index (κ1) is 10.2. The second-order valence-corrected chi connectivity index (χ2v) is 4.21. The van der Waals surface area contributed by atoms with Crippen LogP contribution < -0.4 is 5.73 Å². The third kappa shape index (κ3) is 1.63. The maximum atomic E-state index is 5.79. The van der Waals surface area contributed by atoms with E-state index in [4.69, 9.17) is 5.73 Å². The van der Waals surface area contributed by atoms with E-state index in [1.165, 1.54) is 10.9 Å². The van der Waals surface area contributed by atoms with Gasteiger partial charge in [0.15, 0.2) is 0 Å². The van der Waals surface area contributed by atoms with Crippen LogP contribution >= 0.6 is 0 Å². The highest BCUT2D eigenvalue weighted by Crippen LogP contribution is 2.22. The Morgan fingerprint density at radius 3 is 2.73 bits per heavy atom. The standard InChI is InChI=1S/C12H17N3/c1-8(2)15-12(7-13)10-6-9(3)4-5-11(10)14-15/h4-6,8H,7,13H2,1-3H3. The highest BCUT2D eigenvalue weighted by atomic mass is 15.3. The lowest BCUT2D eigenvalue weighted by molar-refractivity contribution is 0.515. The lowest BCUT2D eigenvalue weighted by atomic mass is 10.1. The predicted molar refractivity (Wildman–Crippen MR) is 62.7 cm³/mol. The van der Waals surface area contributed by atoms with E-state index in [9.17, 15) is 0 Å². The molecule has 1 aromatic carbocycles. The van der Waals surface area contributed by atoms with Crippen molar-refractivity contribution in [1.29, 1.82) is 0 Å². The molecule has 0 aliphatic carbocycles. The van der Waals surface area contributed by atoms with Crippen molar-refractivity contribution in [2.24, 2.45) is 5.73 Å². The molecule has 0 aliphatic heterocycles. The summed E-state index contributed by atoms with van der Waals surface area (Å²) in [5.74, 6) is 0. The monoisotopic (exact) mass is 203 g/mol. The Morgan fingerprint density at radius 1 is 1.40 bits per heavy atom. The Balaban J connectivity index is 2.74. The molecule has 1 aromatic heterocycles. The molecule has 2 aromatic rings. The van der Waals surface area contributed by atoms with Crippen LogP contribution in [0, 0.1) is 6.92 Å². The van der Waals surface area contributed by atoms with Crippen LogP contribution in [-0.2, 0) is 6.54 Å². The van der Waals surface area contributed by atoms with E-state index >= 15 is 0 Å². The van der Waals surface area contributed by atoms with Crippen molar-refractivity contribution in [2.75, 3.05) is 0 Å². The number of nitrogens with two attached hydrogens (primary N) is 1. The van der Waals surface area contributed by atoms with Crippen molar-refractivity contribution in [3.05, 3.63) is 29.5 Å². The minimum atomic E-state index is 0.358. The quantitative estimate of drug-likeness (QED) is 0.814. The average molecular weight is 203 g/mol. The number of aromatic nitrogens is 2. The van der Waals surface area contributed by atoms with Crippen LogP contribution in [0.2, 0.25) is 0 Å². The summed E-state index contributed by atoms with van der Waals surface area (Å²) >= 11 is 0. The highest BCUT2D eigenvalue weighted by molar-refractivity contribution is 5.82. The second kappa shape index (κ2) is 3.66. The predicted octanol–water partition coefficient (Wildman–Crippen LogP) is 2.38. The molecule has 15 heavy (non-hydrogen) atoms. The summed E-state index contributed by atoms with van der Waals surface area (Å²) in [6.07, 6.45) is 0. The lowest BCUT2D eigenvalue weighted by Crippen LogP contribution is -2.10. The first-order chi connectivity index (χ1) is 7.13. The van der Waals surface area contributed by atoms with E-state index in [2.05, 4.69) is 44.1 Å². The van der Waals surface area contributed by atoms with Gasteiger partial charge in [-0.05, 0) is 32.9 Å². The molecule has 0 atom stereocenters. The van der Waals surface area contributed by atoms with Gasteiger partial charge in [-0.1, -0.05) is 11.6 Å². The fourth-order valence-electron chi connectivity index (χ4n) is 1.90. The van der Waals surface area contributed by atoms with Crippen LogP contribution in [-0.4, -0.2) is 9.78 Å². The number of hydrogen-bond donors (Lipinski definition) is 1. The zero-order chi connectivity index (χ0) is 11.0. The lowest BCUT2D eigenvalue weighted by Gasteiger charge is -2.09. The Labute approximate surface area is 89.9 Å². The van der Waals surface area contributed by atoms with Gasteiger partial charge in [0.2, 0.25) is 0 Å². The smallest absolute Gasteiger partial charge is 0.0927 e. The number of fused-ring (bicyclic) bond motifs is 1. The molecule has 2 N–H and O–H groups in total. The topological polar surface area (TPSA) is 43.8 Å². The van der Waals surface area contributed by atoms with Crippen molar-refractivity contribution in [3.63, 3.8) is 0 Å².